The average Bonchev–Trinajstić information content (AvgIpc) is 2.62. The normalized spacial score (nSPS) is 11.1. The number of methoxy groups -OCH3 is 2. The summed E-state index contributed by atoms with van der Waals surface area (Å²) < 4.78 is 10.6. The molecule has 2 rings (SSSR count). The fourth-order valence-corrected chi connectivity index (χ4v) is 2.54. The van der Waals surface area contributed by atoms with Gasteiger partial charge < -0.3 is 14.4 Å². The van der Waals surface area contributed by atoms with Crippen LogP contribution in [-0.4, -0.2) is 26.7 Å². The van der Waals surface area contributed by atoms with Crippen molar-refractivity contribution in [2.75, 3.05) is 25.7 Å². The van der Waals surface area contributed by atoms with Crippen molar-refractivity contribution in [3.05, 3.63) is 60.2 Å². The minimum atomic E-state index is -0.0564. The molecule has 0 radical (unpaired) electrons. The number of amides is 1. The Labute approximate surface area is 143 Å². The zero-order chi connectivity index (χ0) is 17.5. The van der Waals surface area contributed by atoms with Crippen molar-refractivity contribution < 1.29 is 14.3 Å². The smallest absolute Gasteiger partial charge is 0.251 e. The number of likely N-dealkylation sites (N-methyl/N-ethyl adjacent to an activating group) is 1. The SMILES string of the molecule is CCN(C(=O)/C=C(\C)c1ccc(OC)cc1OC)c1ccccc1. The molecule has 0 bridgehead atoms. The Morgan fingerprint density at radius 2 is 1.79 bits per heavy atom. The molecule has 0 fully saturated rings. The molecular formula is C20H23NO3. The molecule has 0 N–H and O–H groups in total. The maximum Gasteiger partial charge on any atom is 0.251 e. The maximum atomic E-state index is 12.7. The second-order valence-corrected chi connectivity index (χ2v) is 5.31. The van der Waals surface area contributed by atoms with Gasteiger partial charge in [-0.2, -0.15) is 0 Å². The maximum absolute atomic E-state index is 12.7. The molecule has 24 heavy (non-hydrogen) atoms. The summed E-state index contributed by atoms with van der Waals surface area (Å²) in [7, 11) is 3.22. The number of hydrogen-bond acceptors (Lipinski definition) is 3. The molecule has 0 spiro atoms. The van der Waals surface area contributed by atoms with E-state index in [4.69, 9.17) is 9.47 Å². The number of para-hydroxylation sites is 1. The number of nitrogens with zero attached hydrogens (tertiary/aromatic N) is 1. The Morgan fingerprint density at radius 3 is 2.38 bits per heavy atom. The monoisotopic (exact) mass is 325 g/mol. The lowest BCUT2D eigenvalue weighted by Crippen LogP contribution is -2.28. The summed E-state index contributed by atoms with van der Waals surface area (Å²) >= 11 is 0. The van der Waals surface area contributed by atoms with Gasteiger partial charge in [0.2, 0.25) is 0 Å². The average molecular weight is 325 g/mol. The number of anilines is 1. The summed E-state index contributed by atoms with van der Waals surface area (Å²) in [6.07, 6.45) is 1.64. The molecule has 0 saturated heterocycles. The minimum Gasteiger partial charge on any atom is -0.497 e. The molecule has 4 heteroatoms. The van der Waals surface area contributed by atoms with Crippen LogP contribution in [0.25, 0.3) is 5.57 Å². The highest BCUT2D eigenvalue weighted by Gasteiger charge is 2.13. The molecule has 2 aromatic rings. The van der Waals surface area contributed by atoms with Gasteiger partial charge in [0.15, 0.2) is 0 Å². The Morgan fingerprint density at radius 1 is 1.08 bits per heavy atom. The number of allylic oxidation sites excluding steroid dienone is 1. The minimum absolute atomic E-state index is 0.0564. The Kier molecular flexibility index (Phi) is 6.01. The van der Waals surface area contributed by atoms with Gasteiger partial charge in [0.25, 0.3) is 5.91 Å². The van der Waals surface area contributed by atoms with Crippen molar-refractivity contribution in [1.29, 1.82) is 0 Å². The van der Waals surface area contributed by atoms with Crippen molar-refractivity contribution >= 4 is 17.2 Å². The Bertz CT molecular complexity index is 723. The number of ether oxygens (including phenoxy) is 2. The molecule has 4 nitrogen and oxygen atoms in total. The Balaban J connectivity index is 2.31. The van der Waals surface area contributed by atoms with Crippen LogP contribution in [0.3, 0.4) is 0 Å². The lowest BCUT2D eigenvalue weighted by Gasteiger charge is -2.20. The van der Waals surface area contributed by atoms with E-state index in [1.807, 2.05) is 62.4 Å². The van der Waals surface area contributed by atoms with E-state index in [2.05, 4.69) is 0 Å². The number of hydrogen-bond donors (Lipinski definition) is 0. The number of benzene rings is 2. The van der Waals surface area contributed by atoms with Crippen LogP contribution in [0.15, 0.2) is 54.6 Å². The molecule has 2 aromatic carbocycles. The molecule has 0 unspecified atom stereocenters. The van der Waals surface area contributed by atoms with E-state index in [0.29, 0.717) is 18.0 Å². The van der Waals surface area contributed by atoms with Gasteiger partial charge >= 0.3 is 0 Å². The summed E-state index contributed by atoms with van der Waals surface area (Å²) in [6.45, 7) is 4.47. The molecule has 0 heterocycles. The van der Waals surface area contributed by atoms with E-state index >= 15 is 0 Å². The first-order valence-corrected chi connectivity index (χ1v) is 7.88. The fourth-order valence-electron chi connectivity index (χ4n) is 2.54. The topological polar surface area (TPSA) is 38.8 Å². The van der Waals surface area contributed by atoms with Gasteiger partial charge in [-0.05, 0) is 43.7 Å². The van der Waals surface area contributed by atoms with E-state index in [-0.39, 0.29) is 5.91 Å². The second-order valence-electron chi connectivity index (χ2n) is 5.31. The third-order valence-corrected chi connectivity index (χ3v) is 3.82. The molecular weight excluding hydrogens is 302 g/mol. The standard InChI is InChI=1S/C20H23NO3/c1-5-21(16-9-7-6-8-10-16)20(22)13-15(2)18-12-11-17(23-3)14-19(18)24-4/h6-14H,5H2,1-4H3/b15-13+. The van der Waals surface area contributed by atoms with Crippen molar-refractivity contribution in [3.8, 4) is 11.5 Å². The van der Waals surface area contributed by atoms with E-state index in [0.717, 1.165) is 16.8 Å². The van der Waals surface area contributed by atoms with Crippen molar-refractivity contribution in [2.45, 2.75) is 13.8 Å². The van der Waals surface area contributed by atoms with Crippen LogP contribution >= 0.6 is 0 Å². The molecule has 0 saturated carbocycles. The summed E-state index contributed by atoms with van der Waals surface area (Å²) in [5, 5.41) is 0. The van der Waals surface area contributed by atoms with Crippen molar-refractivity contribution in [2.24, 2.45) is 0 Å². The molecule has 126 valence electrons. The first-order chi connectivity index (χ1) is 11.6. The number of carbonyl (C=O) groups excluding carboxylic acids is 1. The summed E-state index contributed by atoms with van der Waals surface area (Å²) in [4.78, 5) is 14.4. The van der Waals surface area contributed by atoms with Crippen LogP contribution in [-0.2, 0) is 4.79 Å². The van der Waals surface area contributed by atoms with E-state index in [1.165, 1.54) is 0 Å². The molecule has 0 aliphatic carbocycles. The highest BCUT2D eigenvalue weighted by molar-refractivity contribution is 6.05. The predicted octanol–water partition coefficient (Wildman–Crippen LogP) is 4.16. The second kappa shape index (κ2) is 8.20. The van der Waals surface area contributed by atoms with Gasteiger partial charge in [-0.1, -0.05) is 18.2 Å². The molecule has 0 aliphatic rings. The van der Waals surface area contributed by atoms with Gasteiger partial charge in [0, 0.05) is 29.9 Å². The van der Waals surface area contributed by atoms with Crippen LogP contribution in [0.4, 0.5) is 5.69 Å². The van der Waals surface area contributed by atoms with E-state index < -0.39 is 0 Å². The van der Waals surface area contributed by atoms with Gasteiger partial charge in [-0.15, -0.1) is 0 Å². The quantitative estimate of drug-likeness (QED) is 0.749. The zero-order valence-electron chi connectivity index (χ0n) is 14.6. The summed E-state index contributed by atoms with van der Waals surface area (Å²) in [5.74, 6) is 1.34. The van der Waals surface area contributed by atoms with Gasteiger partial charge in [0.1, 0.15) is 11.5 Å². The van der Waals surface area contributed by atoms with E-state index in [1.54, 1.807) is 25.2 Å². The predicted molar refractivity (Wildman–Crippen MR) is 97.7 cm³/mol. The third kappa shape index (κ3) is 3.96. The first-order valence-electron chi connectivity index (χ1n) is 7.88. The lowest BCUT2D eigenvalue weighted by molar-refractivity contribution is -0.114. The third-order valence-electron chi connectivity index (χ3n) is 3.82. The van der Waals surface area contributed by atoms with Crippen LogP contribution in [0.1, 0.15) is 19.4 Å². The van der Waals surface area contributed by atoms with Gasteiger partial charge in [0.05, 0.1) is 14.2 Å². The van der Waals surface area contributed by atoms with E-state index in [9.17, 15) is 4.79 Å². The first kappa shape index (κ1) is 17.6. The van der Waals surface area contributed by atoms with Crippen LogP contribution < -0.4 is 14.4 Å². The molecule has 0 aromatic heterocycles. The molecule has 0 atom stereocenters. The fraction of sp³-hybridized carbons (Fsp3) is 0.250. The van der Waals surface area contributed by atoms with Crippen LogP contribution in [0.2, 0.25) is 0 Å². The number of carbonyl (C=O) groups is 1. The lowest BCUT2D eigenvalue weighted by atomic mass is 10.1. The number of rotatable bonds is 6. The van der Waals surface area contributed by atoms with Gasteiger partial charge in [-0.3, -0.25) is 4.79 Å². The largest absolute Gasteiger partial charge is 0.497 e. The highest BCUT2D eigenvalue weighted by Crippen LogP contribution is 2.30. The van der Waals surface area contributed by atoms with Crippen molar-refractivity contribution in [1.82, 2.24) is 0 Å². The molecule has 0 aliphatic heterocycles. The Hall–Kier alpha value is -2.75. The van der Waals surface area contributed by atoms with Crippen molar-refractivity contribution in [3.63, 3.8) is 0 Å². The van der Waals surface area contributed by atoms with Gasteiger partial charge in [-0.25, -0.2) is 0 Å². The highest BCUT2D eigenvalue weighted by atomic mass is 16.5. The summed E-state index contributed by atoms with van der Waals surface area (Å²) in [5.41, 5.74) is 2.60. The molecule has 1 amide bonds. The van der Waals surface area contributed by atoms with Crippen LogP contribution in [0.5, 0.6) is 11.5 Å². The van der Waals surface area contributed by atoms with Crippen LogP contribution in [0, 0.1) is 0 Å². The zero-order valence-corrected chi connectivity index (χ0v) is 14.6. The summed E-state index contributed by atoms with van der Waals surface area (Å²) in [6, 6.07) is 15.2.